The molecular formula is C49H97NO5. The van der Waals surface area contributed by atoms with Crippen LogP contribution in [0.4, 0.5) is 0 Å². The number of amides is 1. The van der Waals surface area contributed by atoms with E-state index < -0.39 is 18.2 Å². The number of carbonyl (C=O) groups is 2. The van der Waals surface area contributed by atoms with Gasteiger partial charge in [0.1, 0.15) is 6.10 Å². The molecule has 0 bridgehead atoms. The second-order valence-electron chi connectivity index (χ2n) is 17.2. The summed E-state index contributed by atoms with van der Waals surface area (Å²) in [4.78, 5) is 26.0. The minimum atomic E-state index is -0.777. The Balaban J connectivity index is 4.45. The first-order chi connectivity index (χ1) is 27.0. The SMILES string of the molecule is CCCCCCCCCCCCCCCCCCC(=O)OC(CCCCCCCCCCCC)CC(=O)NC(CO)C(O)CCCCCCCCCCCC. The zero-order valence-electron chi connectivity index (χ0n) is 37.3. The number of hydrogen-bond donors (Lipinski definition) is 3. The minimum Gasteiger partial charge on any atom is -0.462 e. The Morgan fingerprint density at radius 2 is 0.764 bits per heavy atom. The molecule has 0 aromatic rings. The highest BCUT2D eigenvalue weighted by atomic mass is 16.5. The van der Waals surface area contributed by atoms with Crippen molar-refractivity contribution in [3.8, 4) is 0 Å². The second kappa shape index (κ2) is 44.0. The van der Waals surface area contributed by atoms with Gasteiger partial charge >= 0.3 is 5.97 Å². The summed E-state index contributed by atoms with van der Waals surface area (Å²) in [7, 11) is 0. The molecule has 1 amide bonds. The van der Waals surface area contributed by atoms with E-state index in [0.29, 0.717) is 19.3 Å². The molecule has 0 saturated heterocycles. The summed E-state index contributed by atoms with van der Waals surface area (Å²) in [6, 6.07) is -0.690. The van der Waals surface area contributed by atoms with Crippen molar-refractivity contribution in [3.63, 3.8) is 0 Å². The molecule has 3 unspecified atom stereocenters. The highest BCUT2D eigenvalue weighted by molar-refractivity contribution is 5.77. The van der Waals surface area contributed by atoms with Gasteiger partial charge < -0.3 is 20.3 Å². The summed E-state index contributed by atoms with van der Waals surface area (Å²) in [5, 5.41) is 23.6. The smallest absolute Gasteiger partial charge is 0.306 e. The fourth-order valence-electron chi connectivity index (χ4n) is 7.90. The molecule has 0 radical (unpaired) electrons. The van der Waals surface area contributed by atoms with Crippen LogP contribution in [-0.2, 0) is 14.3 Å². The number of rotatable bonds is 45. The van der Waals surface area contributed by atoms with E-state index in [9.17, 15) is 19.8 Å². The fourth-order valence-corrected chi connectivity index (χ4v) is 7.90. The number of aliphatic hydroxyl groups is 2. The van der Waals surface area contributed by atoms with E-state index in [2.05, 4.69) is 26.1 Å². The number of esters is 1. The van der Waals surface area contributed by atoms with E-state index in [1.165, 1.54) is 193 Å². The molecule has 0 aliphatic rings. The van der Waals surface area contributed by atoms with Crippen LogP contribution in [0.25, 0.3) is 0 Å². The molecule has 0 aliphatic carbocycles. The predicted octanol–water partition coefficient (Wildman–Crippen LogP) is 14.4. The molecule has 0 aromatic carbocycles. The maximum atomic E-state index is 13.1. The molecule has 3 N–H and O–H groups in total. The van der Waals surface area contributed by atoms with Crippen molar-refractivity contribution >= 4 is 11.9 Å². The lowest BCUT2D eigenvalue weighted by atomic mass is 10.0. The Morgan fingerprint density at radius 1 is 0.455 bits per heavy atom. The van der Waals surface area contributed by atoms with Crippen molar-refractivity contribution in [2.24, 2.45) is 0 Å². The largest absolute Gasteiger partial charge is 0.462 e. The fraction of sp³-hybridized carbons (Fsp3) is 0.959. The zero-order valence-corrected chi connectivity index (χ0v) is 37.3. The third-order valence-electron chi connectivity index (χ3n) is 11.7. The molecule has 3 atom stereocenters. The van der Waals surface area contributed by atoms with Crippen LogP contribution in [0.5, 0.6) is 0 Å². The van der Waals surface area contributed by atoms with Gasteiger partial charge in [-0.1, -0.05) is 239 Å². The zero-order chi connectivity index (χ0) is 40.3. The van der Waals surface area contributed by atoms with Gasteiger partial charge in [0.25, 0.3) is 0 Å². The standard InChI is InChI=1S/C49H97NO5/c1-4-7-10-13-16-19-22-23-24-25-26-27-30-33-36-39-42-49(54)55-45(40-37-34-31-28-20-17-14-11-8-5-2)43-48(53)50-46(44-51)47(52)41-38-35-32-29-21-18-15-12-9-6-3/h45-47,51-52H,4-44H2,1-3H3,(H,50,53). The number of nitrogens with one attached hydrogen (secondary N) is 1. The van der Waals surface area contributed by atoms with E-state index in [1.807, 2.05) is 0 Å². The van der Waals surface area contributed by atoms with E-state index in [4.69, 9.17) is 4.74 Å². The van der Waals surface area contributed by atoms with Gasteiger partial charge in [-0.05, 0) is 25.7 Å². The first-order valence-corrected chi connectivity index (χ1v) is 24.8. The maximum Gasteiger partial charge on any atom is 0.306 e. The van der Waals surface area contributed by atoms with Crippen LogP contribution in [0, 0.1) is 0 Å². The molecule has 0 saturated carbocycles. The van der Waals surface area contributed by atoms with Gasteiger partial charge in [-0.25, -0.2) is 0 Å². The Morgan fingerprint density at radius 3 is 1.11 bits per heavy atom. The van der Waals surface area contributed by atoms with Crippen molar-refractivity contribution in [1.29, 1.82) is 0 Å². The van der Waals surface area contributed by atoms with Crippen LogP contribution in [0.2, 0.25) is 0 Å². The minimum absolute atomic E-state index is 0.0869. The lowest BCUT2D eigenvalue weighted by molar-refractivity contribution is -0.151. The molecule has 0 spiro atoms. The lowest BCUT2D eigenvalue weighted by Gasteiger charge is -2.24. The predicted molar refractivity (Wildman–Crippen MR) is 237 cm³/mol. The summed E-state index contributed by atoms with van der Waals surface area (Å²) in [5.41, 5.74) is 0. The average Bonchev–Trinajstić information content (AvgIpc) is 3.18. The van der Waals surface area contributed by atoms with Crippen LogP contribution in [-0.4, -0.2) is 46.9 Å². The van der Waals surface area contributed by atoms with Crippen LogP contribution in [0.15, 0.2) is 0 Å². The highest BCUT2D eigenvalue weighted by Gasteiger charge is 2.24. The number of ether oxygens (including phenoxy) is 1. The highest BCUT2D eigenvalue weighted by Crippen LogP contribution is 2.18. The quantitative estimate of drug-likeness (QED) is 0.0422. The third-order valence-corrected chi connectivity index (χ3v) is 11.7. The van der Waals surface area contributed by atoms with Gasteiger partial charge in [-0.2, -0.15) is 0 Å². The number of aliphatic hydroxyl groups excluding tert-OH is 2. The molecule has 0 heterocycles. The number of unbranched alkanes of at least 4 members (excludes halogenated alkanes) is 33. The summed E-state index contributed by atoms with van der Waals surface area (Å²) in [6.45, 7) is 6.48. The van der Waals surface area contributed by atoms with Crippen molar-refractivity contribution in [3.05, 3.63) is 0 Å². The van der Waals surface area contributed by atoms with E-state index in [-0.39, 0.29) is 24.9 Å². The van der Waals surface area contributed by atoms with Gasteiger partial charge in [-0.15, -0.1) is 0 Å². The van der Waals surface area contributed by atoms with Crippen LogP contribution in [0.3, 0.4) is 0 Å². The Bertz CT molecular complexity index is 791. The van der Waals surface area contributed by atoms with Crippen LogP contribution in [0.1, 0.15) is 278 Å². The molecule has 0 fully saturated rings. The van der Waals surface area contributed by atoms with Crippen molar-refractivity contribution < 1.29 is 24.5 Å². The molecule has 6 nitrogen and oxygen atoms in total. The van der Waals surface area contributed by atoms with E-state index in [1.54, 1.807) is 0 Å². The first-order valence-electron chi connectivity index (χ1n) is 24.8. The van der Waals surface area contributed by atoms with Gasteiger partial charge in [0, 0.05) is 6.42 Å². The average molecular weight is 780 g/mol. The number of hydrogen-bond acceptors (Lipinski definition) is 5. The van der Waals surface area contributed by atoms with Crippen molar-refractivity contribution in [1.82, 2.24) is 5.32 Å². The molecule has 0 aliphatic heterocycles. The maximum absolute atomic E-state index is 13.1. The normalized spacial score (nSPS) is 13.2. The van der Waals surface area contributed by atoms with Crippen LogP contribution >= 0.6 is 0 Å². The molecule has 0 aromatic heterocycles. The monoisotopic (exact) mass is 780 g/mol. The second-order valence-corrected chi connectivity index (χ2v) is 17.2. The Labute approximate surface area is 343 Å². The molecule has 0 rings (SSSR count). The number of carbonyl (C=O) groups excluding carboxylic acids is 2. The van der Waals surface area contributed by atoms with Gasteiger partial charge in [0.15, 0.2) is 0 Å². The summed E-state index contributed by atoms with van der Waals surface area (Å²) in [6.07, 6.45) is 45.9. The lowest BCUT2D eigenvalue weighted by Crippen LogP contribution is -2.46. The van der Waals surface area contributed by atoms with Crippen molar-refractivity contribution in [2.45, 2.75) is 296 Å². The molecular weight excluding hydrogens is 683 g/mol. The topological polar surface area (TPSA) is 95.9 Å². The van der Waals surface area contributed by atoms with Crippen molar-refractivity contribution in [2.75, 3.05) is 6.61 Å². The van der Waals surface area contributed by atoms with Gasteiger partial charge in [-0.3, -0.25) is 9.59 Å². The summed E-state index contributed by atoms with van der Waals surface area (Å²) < 4.78 is 5.92. The first kappa shape index (κ1) is 53.9. The van der Waals surface area contributed by atoms with Crippen LogP contribution < -0.4 is 5.32 Å². The van der Waals surface area contributed by atoms with E-state index >= 15 is 0 Å². The molecule has 55 heavy (non-hydrogen) atoms. The molecule has 328 valence electrons. The van der Waals surface area contributed by atoms with Gasteiger partial charge in [0.05, 0.1) is 25.2 Å². The van der Waals surface area contributed by atoms with E-state index in [0.717, 1.165) is 38.5 Å². The van der Waals surface area contributed by atoms with Gasteiger partial charge in [0.2, 0.25) is 5.91 Å². The molecule has 6 heteroatoms. The Hall–Kier alpha value is -1.14. The third kappa shape index (κ3) is 39.5. The summed E-state index contributed by atoms with van der Waals surface area (Å²) >= 11 is 0. The Kier molecular flexibility index (Phi) is 43.1. The summed E-state index contributed by atoms with van der Waals surface area (Å²) in [5.74, 6) is -0.455.